The van der Waals surface area contributed by atoms with Gasteiger partial charge in [0.1, 0.15) is 11.9 Å². The monoisotopic (exact) mass is 399 g/mol. The normalized spacial score (nSPS) is 19.0. The van der Waals surface area contributed by atoms with Crippen LogP contribution in [0.1, 0.15) is 23.1 Å². The molecule has 6 rings (SSSR count). The molecular weight excluding hydrogens is 378 g/mol. The number of imidazole rings is 1. The Kier molecular flexibility index (Phi) is 3.83. The molecule has 2 aliphatic rings. The molecule has 1 unspecified atom stereocenters. The Balaban J connectivity index is 1.30. The molecule has 8 heteroatoms. The number of aromatic nitrogens is 5. The highest BCUT2D eigenvalue weighted by molar-refractivity contribution is 5.83. The predicted octanol–water partition coefficient (Wildman–Crippen LogP) is 2.06. The van der Waals surface area contributed by atoms with Gasteiger partial charge in [-0.1, -0.05) is 12.1 Å². The maximum Gasteiger partial charge on any atom is 0.230 e. The molecule has 1 N–H and O–H groups in total. The molecule has 0 spiro atoms. The van der Waals surface area contributed by atoms with E-state index in [1.807, 2.05) is 52.0 Å². The van der Waals surface area contributed by atoms with E-state index in [0.717, 1.165) is 34.8 Å². The zero-order valence-electron chi connectivity index (χ0n) is 16.3. The van der Waals surface area contributed by atoms with Gasteiger partial charge in [-0.3, -0.25) is 4.79 Å². The molecule has 1 amide bonds. The number of aromatic amines is 1. The largest absolute Gasteiger partial charge is 0.355 e. The number of carbonyl (C=O) groups excluding carboxylic acids is 1. The van der Waals surface area contributed by atoms with Crippen molar-refractivity contribution in [3.8, 4) is 0 Å². The molecule has 1 atom stereocenters. The van der Waals surface area contributed by atoms with Crippen molar-refractivity contribution in [2.45, 2.75) is 12.5 Å². The van der Waals surface area contributed by atoms with E-state index in [0.29, 0.717) is 19.6 Å². The van der Waals surface area contributed by atoms with Gasteiger partial charge in [0.05, 0.1) is 29.1 Å². The Morgan fingerprint density at radius 1 is 1.10 bits per heavy atom. The molecule has 8 nitrogen and oxygen atoms in total. The van der Waals surface area contributed by atoms with E-state index in [-0.39, 0.29) is 17.9 Å². The molecule has 6 heterocycles. The van der Waals surface area contributed by atoms with Crippen LogP contribution < -0.4 is 4.90 Å². The van der Waals surface area contributed by atoms with Gasteiger partial charge in [0.15, 0.2) is 0 Å². The Hall–Kier alpha value is -3.68. The highest BCUT2D eigenvalue weighted by atomic mass is 16.2. The molecule has 2 aliphatic heterocycles. The van der Waals surface area contributed by atoms with Crippen molar-refractivity contribution < 1.29 is 4.79 Å². The van der Waals surface area contributed by atoms with E-state index < -0.39 is 0 Å². The predicted molar refractivity (Wildman–Crippen MR) is 111 cm³/mol. The van der Waals surface area contributed by atoms with E-state index >= 15 is 0 Å². The van der Waals surface area contributed by atoms with Crippen LogP contribution in [0.15, 0.2) is 61.2 Å². The number of nitrogens with one attached hydrogen (secondary N) is 1. The molecule has 0 bridgehead atoms. The van der Waals surface area contributed by atoms with Crippen molar-refractivity contribution in [2.75, 3.05) is 24.5 Å². The first-order valence-electron chi connectivity index (χ1n) is 10.2. The maximum absolute atomic E-state index is 13.5. The lowest BCUT2D eigenvalue weighted by atomic mass is 9.93. The second-order valence-electron chi connectivity index (χ2n) is 7.88. The number of anilines is 1. The van der Waals surface area contributed by atoms with Crippen molar-refractivity contribution in [3.63, 3.8) is 0 Å². The van der Waals surface area contributed by atoms with Crippen LogP contribution in [0.5, 0.6) is 0 Å². The van der Waals surface area contributed by atoms with Crippen LogP contribution in [0.25, 0.3) is 5.52 Å². The molecule has 4 aromatic heterocycles. The molecule has 0 radical (unpaired) electrons. The number of H-pyrrole nitrogens is 1. The minimum Gasteiger partial charge on any atom is -0.355 e. The number of pyridine rings is 2. The first kappa shape index (κ1) is 17.2. The molecule has 1 fully saturated rings. The van der Waals surface area contributed by atoms with Crippen LogP contribution in [0.4, 0.5) is 5.82 Å². The third-order valence-electron chi connectivity index (χ3n) is 6.08. The standard InChI is InChI=1S/C22H21N7O/c30-22(15-12-27(13-15)19-6-1-3-8-23-19)28-10-7-17-20(25-14-24-17)21(28)18-11-16-5-2-4-9-29(16)26-18/h1-6,8-9,11,14-15,21H,7,10,12-13H2,(H,24,25). The fourth-order valence-electron chi connectivity index (χ4n) is 4.50. The van der Waals surface area contributed by atoms with Gasteiger partial charge in [0.25, 0.3) is 0 Å². The summed E-state index contributed by atoms with van der Waals surface area (Å²) in [4.78, 5) is 29.8. The van der Waals surface area contributed by atoms with Crippen LogP contribution in [0, 0.1) is 5.92 Å². The number of rotatable bonds is 3. The Morgan fingerprint density at radius 3 is 2.83 bits per heavy atom. The number of fused-ring (bicyclic) bond motifs is 2. The Morgan fingerprint density at radius 2 is 2.00 bits per heavy atom. The molecule has 4 aromatic rings. The second kappa shape index (κ2) is 6.69. The van der Waals surface area contributed by atoms with E-state index in [1.54, 1.807) is 12.5 Å². The fourth-order valence-corrected chi connectivity index (χ4v) is 4.50. The minimum absolute atomic E-state index is 0.0352. The average molecular weight is 399 g/mol. The zero-order valence-corrected chi connectivity index (χ0v) is 16.3. The maximum atomic E-state index is 13.5. The van der Waals surface area contributed by atoms with Gasteiger partial charge < -0.3 is 14.8 Å². The lowest BCUT2D eigenvalue weighted by Gasteiger charge is -2.43. The third kappa shape index (κ3) is 2.67. The lowest BCUT2D eigenvalue weighted by molar-refractivity contribution is -0.138. The van der Waals surface area contributed by atoms with Gasteiger partial charge >= 0.3 is 0 Å². The molecule has 150 valence electrons. The van der Waals surface area contributed by atoms with Gasteiger partial charge in [-0.05, 0) is 30.3 Å². The molecule has 30 heavy (non-hydrogen) atoms. The summed E-state index contributed by atoms with van der Waals surface area (Å²) in [6.07, 6.45) is 6.21. The fraction of sp³-hybridized carbons (Fsp3) is 0.273. The number of carbonyl (C=O) groups is 1. The van der Waals surface area contributed by atoms with Gasteiger partial charge in [0, 0.05) is 44.1 Å². The number of amides is 1. The smallest absolute Gasteiger partial charge is 0.230 e. The minimum atomic E-state index is -0.267. The average Bonchev–Trinajstić information content (AvgIpc) is 3.39. The van der Waals surface area contributed by atoms with Crippen LogP contribution in [0.3, 0.4) is 0 Å². The number of nitrogens with zero attached hydrogens (tertiary/aromatic N) is 6. The Labute approximate surface area is 173 Å². The highest BCUT2D eigenvalue weighted by Gasteiger charge is 2.42. The number of hydrogen-bond acceptors (Lipinski definition) is 5. The molecule has 0 aliphatic carbocycles. The summed E-state index contributed by atoms with van der Waals surface area (Å²) in [6, 6.07) is 13.6. The topological polar surface area (TPSA) is 82.4 Å². The van der Waals surface area contributed by atoms with E-state index in [1.165, 1.54) is 0 Å². The van der Waals surface area contributed by atoms with Crippen LogP contribution >= 0.6 is 0 Å². The number of hydrogen-bond donors (Lipinski definition) is 1. The van der Waals surface area contributed by atoms with E-state index in [9.17, 15) is 4.79 Å². The zero-order chi connectivity index (χ0) is 20.1. The van der Waals surface area contributed by atoms with Crippen LogP contribution in [0.2, 0.25) is 0 Å². The Bertz CT molecular complexity index is 1180. The molecule has 1 saturated heterocycles. The van der Waals surface area contributed by atoms with Crippen molar-refractivity contribution in [1.82, 2.24) is 29.5 Å². The molecule has 0 aromatic carbocycles. The van der Waals surface area contributed by atoms with Crippen molar-refractivity contribution >= 4 is 17.2 Å². The summed E-state index contributed by atoms with van der Waals surface area (Å²) in [5.41, 5.74) is 3.85. The molecule has 0 saturated carbocycles. The van der Waals surface area contributed by atoms with E-state index in [4.69, 9.17) is 5.10 Å². The summed E-state index contributed by atoms with van der Waals surface area (Å²) in [7, 11) is 0. The van der Waals surface area contributed by atoms with Crippen molar-refractivity contribution in [2.24, 2.45) is 5.92 Å². The van der Waals surface area contributed by atoms with Gasteiger partial charge in [-0.2, -0.15) is 5.10 Å². The second-order valence-corrected chi connectivity index (χ2v) is 7.88. The summed E-state index contributed by atoms with van der Waals surface area (Å²) < 4.78 is 1.85. The van der Waals surface area contributed by atoms with Crippen molar-refractivity contribution in [1.29, 1.82) is 0 Å². The quantitative estimate of drug-likeness (QED) is 0.570. The lowest BCUT2D eigenvalue weighted by Crippen LogP contribution is -2.56. The van der Waals surface area contributed by atoms with Crippen LogP contribution in [-0.4, -0.2) is 55.0 Å². The summed E-state index contributed by atoms with van der Waals surface area (Å²) in [5.74, 6) is 1.05. The van der Waals surface area contributed by atoms with Crippen LogP contribution in [-0.2, 0) is 11.2 Å². The summed E-state index contributed by atoms with van der Waals surface area (Å²) in [5, 5.41) is 4.76. The van der Waals surface area contributed by atoms with Crippen molar-refractivity contribution in [3.05, 3.63) is 78.3 Å². The first-order chi connectivity index (χ1) is 14.8. The van der Waals surface area contributed by atoms with E-state index in [2.05, 4.69) is 25.9 Å². The third-order valence-corrected chi connectivity index (χ3v) is 6.08. The van der Waals surface area contributed by atoms with Gasteiger partial charge in [-0.25, -0.2) is 14.5 Å². The summed E-state index contributed by atoms with van der Waals surface area (Å²) >= 11 is 0. The summed E-state index contributed by atoms with van der Waals surface area (Å²) in [6.45, 7) is 2.04. The van der Waals surface area contributed by atoms with Gasteiger partial charge in [-0.15, -0.1) is 0 Å². The molecular formula is C22H21N7O. The highest BCUT2D eigenvalue weighted by Crippen LogP contribution is 2.35. The first-order valence-corrected chi connectivity index (χ1v) is 10.2. The SMILES string of the molecule is O=C(C1CN(c2ccccn2)C1)N1CCc2[nH]cnc2C1c1cc2ccccn2n1. The van der Waals surface area contributed by atoms with Gasteiger partial charge in [0.2, 0.25) is 5.91 Å².